The molecule has 1 aromatic heterocycles. The molecule has 35 heavy (non-hydrogen) atoms. The van der Waals surface area contributed by atoms with Crippen molar-refractivity contribution in [3.05, 3.63) is 71.4 Å². The van der Waals surface area contributed by atoms with Crippen molar-refractivity contribution in [2.45, 2.75) is 24.9 Å². The molecule has 3 aromatic rings. The van der Waals surface area contributed by atoms with Gasteiger partial charge in [-0.1, -0.05) is 48.5 Å². The lowest BCUT2D eigenvalue weighted by atomic mass is 9.98. The number of benzene rings is 2. The molecule has 1 unspecified atom stereocenters. The van der Waals surface area contributed by atoms with Crippen molar-refractivity contribution in [1.29, 1.82) is 0 Å². The van der Waals surface area contributed by atoms with Gasteiger partial charge in [0.05, 0.1) is 12.0 Å². The Morgan fingerprint density at radius 1 is 1.09 bits per heavy atom. The van der Waals surface area contributed by atoms with Gasteiger partial charge in [-0.25, -0.2) is 4.79 Å². The molecular weight excluding hydrogens is 452 g/mol. The largest absolute Gasteiger partial charge is 0.481 e. The minimum Gasteiger partial charge on any atom is -0.481 e. The Balaban J connectivity index is 1.36. The number of nitrogens with one attached hydrogen (secondary N) is 2. The van der Waals surface area contributed by atoms with E-state index in [1.807, 2.05) is 36.4 Å². The van der Waals surface area contributed by atoms with Crippen molar-refractivity contribution >= 4 is 23.8 Å². The van der Waals surface area contributed by atoms with E-state index >= 15 is 0 Å². The Labute approximate surface area is 201 Å². The summed E-state index contributed by atoms with van der Waals surface area (Å²) in [7, 11) is 1.52. The number of amides is 2. The summed E-state index contributed by atoms with van der Waals surface area (Å²) in [6.07, 6.45) is -1.23. The first-order valence-corrected chi connectivity index (χ1v) is 11.0. The third kappa shape index (κ3) is 5.33. The molecule has 0 spiro atoms. The number of nitrogens with zero attached hydrogens (tertiary/aromatic N) is 2. The van der Waals surface area contributed by atoms with E-state index < -0.39 is 30.0 Å². The van der Waals surface area contributed by atoms with E-state index in [1.165, 1.54) is 24.7 Å². The summed E-state index contributed by atoms with van der Waals surface area (Å²) < 4.78 is 6.76. The number of fused-ring (bicyclic) bond motifs is 3. The summed E-state index contributed by atoms with van der Waals surface area (Å²) >= 11 is 0. The summed E-state index contributed by atoms with van der Waals surface area (Å²) in [5.41, 5.74) is 2.95. The number of ether oxygens (including phenoxy) is 1. The van der Waals surface area contributed by atoms with E-state index in [0.717, 1.165) is 22.3 Å². The van der Waals surface area contributed by atoms with Crippen LogP contribution < -0.4 is 10.6 Å². The average molecular weight is 479 g/mol. The summed E-state index contributed by atoms with van der Waals surface area (Å²) in [4.78, 5) is 35.7. The lowest BCUT2D eigenvalue weighted by Gasteiger charge is -2.21. The first-order valence-electron chi connectivity index (χ1n) is 11.0. The predicted molar refractivity (Wildman–Crippen MR) is 127 cm³/mol. The third-order valence-electron chi connectivity index (χ3n) is 5.85. The van der Waals surface area contributed by atoms with Crippen molar-refractivity contribution < 1.29 is 29.3 Å². The van der Waals surface area contributed by atoms with Crippen LogP contribution in [-0.4, -0.2) is 56.7 Å². The van der Waals surface area contributed by atoms with Crippen LogP contribution in [0.1, 0.15) is 40.9 Å². The number of carbonyl (C=O) groups excluding carboxylic acids is 2. The Bertz CT molecular complexity index is 1240. The number of aliphatic hydroxyl groups is 1. The maximum Gasteiger partial charge on any atom is 0.412 e. The van der Waals surface area contributed by atoms with Crippen LogP contribution in [0, 0.1) is 0 Å². The smallest absolute Gasteiger partial charge is 0.412 e. The van der Waals surface area contributed by atoms with Gasteiger partial charge in [-0.3, -0.25) is 19.6 Å². The Morgan fingerprint density at radius 2 is 1.69 bits per heavy atom. The van der Waals surface area contributed by atoms with Crippen LogP contribution in [0.3, 0.4) is 0 Å². The van der Waals surface area contributed by atoms with Gasteiger partial charge >= 0.3 is 12.1 Å². The standard InChI is InChI=1S/C25H26N4O6/c1-25(34,12-22(30)31)14-26-23(32)20-11-21(28-29(20)2)27-24(33)35-13-19-17-9-5-3-7-15(17)16-8-4-6-10-18(16)19/h3-11,19,34H,12-14H2,1-2H3,(H,26,32)(H,30,31)(H,27,28,33). The molecule has 2 amide bonds. The number of rotatable bonds is 8. The molecule has 182 valence electrons. The van der Waals surface area contributed by atoms with Gasteiger partial charge in [0.1, 0.15) is 12.3 Å². The average Bonchev–Trinajstić information content (AvgIpc) is 3.32. The zero-order valence-electron chi connectivity index (χ0n) is 19.3. The molecule has 1 atom stereocenters. The van der Waals surface area contributed by atoms with Gasteiger partial charge in [0, 0.05) is 25.6 Å². The molecule has 2 aromatic carbocycles. The highest BCUT2D eigenvalue weighted by Crippen LogP contribution is 2.44. The van der Waals surface area contributed by atoms with Crippen LogP contribution in [0.25, 0.3) is 11.1 Å². The van der Waals surface area contributed by atoms with Crippen molar-refractivity contribution in [3.8, 4) is 11.1 Å². The summed E-state index contributed by atoms with van der Waals surface area (Å²) in [6, 6.07) is 17.4. The highest BCUT2D eigenvalue weighted by molar-refractivity contribution is 5.94. The van der Waals surface area contributed by atoms with Crippen molar-refractivity contribution in [1.82, 2.24) is 15.1 Å². The Hall–Kier alpha value is -4.18. The molecule has 4 N–H and O–H groups in total. The zero-order valence-corrected chi connectivity index (χ0v) is 19.3. The molecule has 1 aliphatic rings. The second-order valence-electron chi connectivity index (χ2n) is 8.74. The van der Waals surface area contributed by atoms with Crippen LogP contribution in [0.5, 0.6) is 0 Å². The monoisotopic (exact) mass is 478 g/mol. The molecule has 0 bridgehead atoms. The number of aromatic nitrogens is 2. The molecule has 4 rings (SSSR count). The van der Waals surface area contributed by atoms with Gasteiger partial charge in [-0.2, -0.15) is 5.10 Å². The van der Waals surface area contributed by atoms with E-state index in [1.54, 1.807) is 0 Å². The molecule has 0 saturated carbocycles. The lowest BCUT2D eigenvalue weighted by molar-refractivity contribution is -0.141. The fraction of sp³-hybridized carbons (Fsp3) is 0.280. The highest BCUT2D eigenvalue weighted by atomic mass is 16.5. The van der Waals surface area contributed by atoms with E-state index in [-0.39, 0.29) is 30.6 Å². The van der Waals surface area contributed by atoms with E-state index in [0.29, 0.717) is 0 Å². The highest BCUT2D eigenvalue weighted by Gasteiger charge is 2.29. The first-order chi connectivity index (χ1) is 16.6. The number of hydrogen-bond acceptors (Lipinski definition) is 6. The topological polar surface area (TPSA) is 143 Å². The molecule has 10 nitrogen and oxygen atoms in total. The van der Waals surface area contributed by atoms with Crippen LogP contribution >= 0.6 is 0 Å². The number of carboxylic acids is 1. The second-order valence-corrected chi connectivity index (χ2v) is 8.74. The van der Waals surface area contributed by atoms with Gasteiger partial charge in [0.2, 0.25) is 0 Å². The van der Waals surface area contributed by atoms with E-state index in [4.69, 9.17) is 9.84 Å². The van der Waals surface area contributed by atoms with E-state index in [9.17, 15) is 19.5 Å². The molecule has 1 heterocycles. The zero-order chi connectivity index (χ0) is 25.2. The minimum absolute atomic E-state index is 0.0863. The van der Waals surface area contributed by atoms with Crippen LogP contribution in [-0.2, 0) is 16.6 Å². The molecule has 0 saturated heterocycles. The summed E-state index contributed by atoms with van der Waals surface area (Å²) in [5.74, 6) is -1.73. The van der Waals surface area contributed by atoms with Gasteiger partial charge < -0.3 is 20.3 Å². The summed E-state index contributed by atoms with van der Waals surface area (Å²) in [5, 5.41) is 28.0. The predicted octanol–water partition coefficient (Wildman–Crippen LogP) is 2.74. The Morgan fingerprint density at radius 3 is 2.29 bits per heavy atom. The molecule has 0 radical (unpaired) electrons. The molecular formula is C25H26N4O6. The van der Waals surface area contributed by atoms with Crippen LogP contribution in [0.15, 0.2) is 54.6 Å². The third-order valence-corrected chi connectivity index (χ3v) is 5.85. The van der Waals surface area contributed by atoms with Crippen molar-refractivity contribution in [2.75, 3.05) is 18.5 Å². The molecule has 0 aliphatic heterocycles. The van der Waals surface area contributed by atoms with Crippen molar-refractivity contribution in [2.24, 2.45) is 7.05 Å². The quantitative estimate of drug-likeness (QED) is 0.390. The Kier molecular flexibility index (Phi) is 6.57. The number of hydrogen-bond donors (Lipinski definition) is 4. The normalized spacial score (nSPS) is 13.9. The van der Waals surface area contributed by atoms with Crippen LogP contribution in [0.2, 0.25) is 0 Å². The molecule has 10 heteroatoms. The number of aliphatic carboxylic acids is 1. The van der Waals surface area contributed by atoms with Gasteiger partial charge in [-0.15, -0.1) is 0 Å². The van der Waals surface area contributed by atoms with Gasteiger partial charge in [-0.05, 0) is 29.2 Å². The van der Waals surface area contributed by atoms with E-state index in [2.05, 4.69) is 27.9 Å². The minimum atomic E-state index is -1.61. The lowest BCUT2D eigenvalue weighted by Crippen LogP contribution is -2.42. The maximum atomic E-state index is 12.5. The van der Waals surface area contributed by atoms with Crippen molar-refractivity contribution in [3.63, 3.8) is 0 Å². The first kappa shape index (κ1) is 24.0. The van der Waals surface area contributed by atoms with Crippen LogP contribution in [0.4, 0.5) is 10.6 Å². The number of carbonyl (C=O) groups is 3. The number of carboxylic acid groups (broad SMARTS) is 1. The summed E-state index contributed by atoms with van der Waals surface area (Å²) in [6.45, 7) is 1.19. The fourth-order valence-corrected chi connectivity index (χ4v) is 4.23. The maximum absolute atomic E-state index is 12.5. The second kappa shape index (κ2) is 9.59. The fourth-order valence-electron chi connectivity index (χ4n) is 4.23. The molecule has 0 fully saturated rings. The molecule has 1 aliphatic carbocycles. The SMILES string of the molecule is Cn1nc(NC(=O)OCC2c3ccccc3-c3ccccc32)cc1C(=O)NCC(C)(O)CC(=O)O. The number of anilines is 1. The number of aryl methyl sites for hydroxylation is 1. The van der Waals surface area contributed by atoms with Gasteiger partial charge in [0.15, 0.2) is 5.82 Å². The van der Waals surface area contributed by atoms with Gasteiger partial charge in [0.25, 0.3) is 5.91 Å².